The summed E-state index contributed by atoms with van der Waals surface area (Å²) in [5, 5.41) is 2.84. The Kier molecular flexibility index (Phi) is 6.30. The summed E-state index contributed by atoms with van der Waals surface area (Å²) >= 11 is 0. The lowest BCUT2D eigenvalue weighted by Crippen LogP contribution is -2.15. The Morgan fingerprint density at radius 1 is 1.04 bits per heavy atom. The van der Waals surface area contributed by atoms with Crippen molar-refractivity contribution in [2.45, 2.75) is 26.2 Å². The van der Waals surface area contributed by atoms with Crippen molar-refractivity contribution in [2.75, 3.05) is 25.1 Å². The highest BCUT2D eigenvalue weighted by Crippen LogP contribution is 2.31. The lowest BCUT2D eigenvalue weighted by atomic mass is 10.1. The number of aryl methyl sites for hydroxylation is 1. The summed E-state index contributed by atoms with van der Waals surface area (Å²) < 4.78 is 16.0. The van der Waals surface area contributed by atoms with Gasteiger partial charge in [-0.1, -0.05) is 6.07 Å². The highest BCUT2D eigenvalue weighted by Gasteiger charge is 2.12. The number of carbonyl (C=O) groups excluding carboxylic acids is 2. The summed E-state index contributed by atoms with van der Waals surface area (Å²) in [7, 11) is 0. The van der Waals surface area contributed by atoms with Gasteiger partial charge in [-0.15, -0.1) is 0 Å². The molecule has 0 radical (unpaired) electrons. The summed E-state index contributed by atoms with van der Waals surface area (Å²) in [4.78, 5) is 23.7. The predicted molar refractivity (Wildman–Crippen MR) is 101 cm³/mol. The topological polar surface area (TPSA) is 73.9 Å². The fraction of sp³-hybridized carbons (Fsp3) is 0.333. The predicted octanol–water partition coefficient (Wildman–Crippen LogP) is 3.60. The van der Waals surface area contributed by atoms with Gasteiger partial charge < -0.3 is 19.5 Å². The van der Waals surface area contributed by atoms with Gasteiger partial charge in [0.1, 0.15) is 13.2 Å². The van der Waals surface area contributed by atoms with Gasteiger partial charge >= 0.3 is 5.97 Å². The molecule has 0 fully saturated rings. The van der Waals surface area contributed by atoms with Crippen molar-refractivity contribution in [3.05, 3.63) is 53.6 Å². The van der Waals surface area contributed by atoms with Crippen molar-refractivity contribution < 1.29 is 23.8 Å². The minimum Gasteiger partial charge on any atom is -0.486 e. The van der Waals surface area contributed by atoms with Gasteiger partial charge in [-0.25, -0.2) is 4.79 Å². The van der Waals surface area contributed by atoms with Gasteiger partial charge in [-0.3, -0.25) is 4.79 Å². The van der Waals surface area contributed by atoms with Gasteiger partial charge in [0.05, 0.1) is 12.2 Å². The van der Waals surface area contributed by atoms with Gasteiger partial charge in [0.15, 0.2) is 11.5 Å². The Labute approximate surface area is 158 Å². The zero-order chi connectivity index (χ0) is 19.1. The lowest BCUT2D eigenvalue weighted by molar-refractivity contribution is -0.116. The van der Waals surface area contributed by atoms with Crippen LogP contribution < -0.4 is 14.8 Å². The molecule has 1 N–H and O–H groups in total. The van der Waals surface area contributed by atoms with E-state index >= 15 is 0 Å². The number of rotatable bonds is 7. The zero-order valence-electron chi connectivity index (χ0n) is 15.3. The van der Waals surface area contributed by atoms with Gasteiger partial charge in [0, 0.05) is 12.1 Å². The van der Waals surface area contributed by atoms with Gasteiger partial charge in [-0.05, 0) is 61.7 Å². The fourth-order valence-electron chi connectivity index (χ4n) is 2.82. The van der Waals surface area contributed by atoms with Crippen molar-refractivity contribution in [3.63, 3.8) is 0 Å². The van der Waals surface area contributed by atoms with E-state index < -0.39 is 0 Å². The molecule has 1 aliphatic heterocycles. The quantitative estimate of drug-likeness (QED) is 0.755. The molecule has 3 rings (SSSR count). The largest absolute Gasteiger partial charge is 0.486 e. The highest BCUT2D eigenvalue weighted by atomic mass is 16.6. The van der Waals surface area contributed by atoms with Crippen LogP contribution in [0.4, 0.5) is 5.69 Å². The summed E-state index contributed by atoms with van der Waals surface area (Å²) in [6.45, 7) is 3.24. The fourth-order valence-corrected chi connectivity index (χ4v) is 2.82. The molecule has 0 spiro atoms. The third-order valence-corrected chi connectivity index (χ3v) is 4.16. The molecule has 0 bridgehead atoms. The smallest absolute Gasteiger partial charge is 0.338 e. The molecular formula is C21H23NO5. The molecule has 1 aliphatic rings. The van der Waals surface area contributed by atoms with E-state index in [0.717, 1.165) is 29.9 Å². The SMILES string of the molecule is CCOC(=O)c1ccc(NC(=O)CCCc2ccc3c(c2)OCCO3)cc1. The average Bonchev–Trinajstić information content (AvgIpc) is 2.68. The number of hydrogen-bond acceptors (Lipinski definition) is 5. The van der Waals surface area contributed by atoms with Gasteiger partial charge in [0.2, 0.25) is 5.91 Å². The normalized spacial score (nSPS) is 12.3. The van der Waals surface area contributed by atoms with E-state index in [-0.39, 0.29) is 11.9 Å². The van der Waals surface area contributed by atoms with Crippen molar-refractivity contribution in [2.24, 2.45) is 0 Å². The molecule has 6 nitrogen and oxygen atoms in total. The van der Waals surface area contributed by atoms with E-state index in [1.165, 1.54) is 0 Å². The Morgan fingerprint density at radius 3 is 2.52 bits per heavy atom. The molecule has 2 aromatic carbocycles. The maximum Gasteiger partial charge on any atom is 0.338 e. The van der Waals surface area contributed by atoms with Crippen LogP contribution in [0.25, 0.3) is 0 Å². The molecule has 0 saturated carbocycles. The van der Waals surface area contributed by atoms with Crippen LogP contribution in [0, 0.1) is 0 Å². The first-order valence-corrected chi connectivity index (χ1v) is 9.11. The van der Waals surface area contributed by atoms with E-state index in [0.29, 0.717) is 37.5 Å². The van der Waals surface area contributed by atoms with Crippen LogP contribution in [-0.2, 0) is 16.0 Å². The van der Waals surface area contributed by atoms with E-state index in [2.05, 4.69) is 5.32 Å². The van der Waals surface area contributed by atoms with Gasteiger partial charge in [-0.2, -0.15) is 0 Å². The monoisotopic (exact) mass is 369 g/mol. The second-order valence-electron chi connectivity index (χ2n) is 6.18. The summed E-state index contributed by atoms with van der Waals surface area (Å²) in [6, 6.07) is 12.6. The number of nitrogens with one attached hydrogen (secondary N) is 1. The Hall–Kier alpha value is -3.02. The van der Waals surface area contributed by atoms with E-state index in [1.807, 2.05) is 18.2 Å². The standard InChI is InChI=1S/C21H23NO5/c1-2-25-21(24)16-7-9-17(10-8-16)22-20(23)5-3-4-15-6-11-18-19(14-15)27-13-12-26-18/h6-11,14H,2-5,12-13H2,1H3,(H,22,23). The molecule has 2 aromatic rings. The summed E-state index contributed by atoms with van der Waals surface area (Å²) in [6.07, 6.45) is 1.92. The molecule has 0 aromatic heterocycles. The van der Waals surface area contributed by atoms with Crippen LogP contribution in [0.15, 0.2) is 42.5 Å². The maximum atomic E-state index is 12.1. The number of anilines is 1. The second-order valence-corrected chi connectivity index (χ2v) is 6.18. The first-order chi connectivity index (χ1) is 13.2. The first-order valence-electron chi connectivity index (χ1n) is 9.11. The lowest BCUT2D eigenvalue weighted by Gasteiger charge is -2.18. The third-order valence-electron chi connectivity index (χ3n) is 4.16. The highest BCUT2D eigenvalue weighted by molar-refractivity contribution is 5.93. The van der Waals surface area contributed by atoms with E-state index in [1.54, 1.807) is 31.2 Å². The van der Waals surface area contributed by atoms with Crippen LogP contribution in [0.1, 0.15) is 35.7 Å². The average molecular weight is 369 g/mol. The molecule has 27 heavy (non-hydrogen) atoms. The third kappa shape index (κ3) is 5.23. The number of amides is 1. The molecule has 0 saturated heterocycles. The minimum absolute atomic E-state index is 0.0589. The van der Waals surface area contributed by atoms with Crippen molar-refractivity contribution in [1.82, 2.24) is 0 Å². The van der Waals surface area contributed by atoms with Gasteiger partial charge in [0.25, 0.3) is 0 Å². The molecule has 6 heteroatoms. The number of ether oxygens (including phenoxy) is 3. The van der Waals surface area contributed by atoms with Crippen molar-refractivity contribution in [3.8, 4) is 11.5 Å². The van der Waals surface area contributed by atoms with Crippen LogP contribution >= 0.6 is 0 Å². The summed E-state index contributed by atoms with van der Waals surface area (Å²) in [5.74, 6) is 1.12. The number of fused-ring (bicyclic) bond motifs is 1. The molecule has 0 unspecified atom stereocenters. The summed E-state index contributed by atoms with van der Waals surface area (Å²) in [5.41, 5.74) is 2.24. The molecular weight excluding hydrogens is 346 g/mol. The van der Waals surface area contributed by atoms with Crippen molar-refractivity contribution in [1.29, 1.82) is 0 Å². The van der Waals surface area contributed by atoms with Crippen LogP contribution in [0.5, 0.6) is 11.5 Å². The first kappa shape index (κ1) is 18.8. The van der Waals surface area contributed by atoms with Crippen LogP contribution in [0.3, 0.4) is 0 Å². The maximum absolute atomic E-state index is 12.1. The molecule has 0 atom stereocenters. The zero-order valence-corrected chi connectivity index (χ0v) is 15.3. The number of hydrogen-bond donors (Lipinski definition) is 1. The van der Waals surface area contributed by atoms with Crippen molar-refractivity contribution >= 4 is 17.6 Å². The molecule has 1 heterocycles. The molecule has 142 valence electrons. The molecule has 0 aliphatic carbocycles. The Bertz CT molecular complexity index is 801. The van der Waals surface area contributed by atoms with E-state index in [4.69, 9.17) is 14.2 Å². The number of esters is 1. The minimum atomic E-state index is -0.366. The second kappa shape index (κ2) is 9.07. The van der Waals surface area contributed by atoms with Crippen LogP contribution in [0.2, 0.25) is 0 Å². The number of benzene rings is 2. The van der Waals surface area contributed by atoms with Crippen LogP contribution in [-0.4, -0.2) is 31.7 Å². The molecule has 1 amide bonds. The van der Waals surface area contributed by atoms with E-state index in [9.17, 15) is 9.59 Å². The Balaban J connectivity index is 1.45. The number of carbonyl (C=O) groups is 2. The Morgan fingerprint density at radius 2 is 1.78 bits per heavy atom.